The van der Waals surface area contributed by atoms with E-state index in [4.69, 9.17) is 14.0 Å². The van der Waals surface area contributed by atoms with Gasteiger partial charge in [0.25, 0.3) is 0 Å². The van der Waals surface area contributed by atoms with Crippen LogP contribution in [0.5, 0.6) is 0 Å². The Morgan fingerprint density at radius 1 is 0.500 bits per heavy atom. The first-order valence-electron chi connectivity index (χ1n) is 12.5. The summed E-state index contributed by atoms with van der Waals surface area (Å²) in [7, 11) is -0.498. The Hall–Kier alpha value is -0.0551. The molecular formula is C24H51BO3. The van der Waals surface area contributed by atoms with Crippen LogP contribution in [0.1, 0.15) is 119 Å². The van der Waals surface area contributed by atoms with Gasteiger partial charge < -0.3 is 14.0 Å². The number of hydrogen-bond acceptors (Lipinski definition) is 3. The molecule has 0 unspecified atom stereocenters. The highest BCUT2D eigenvalue weighted by molar-refractivity contribution is 6.36. The molecular weight excluding hydrogens is 347 g/mol. The highest BCUT2D eigenvalue weighted by Crippen LogP contribution is 2.18. The molecule has 0 aromatic rings. The van der Waals surface area contributed by atoms with Gasteiger partial charge in [0.05, 0.1) is 0 Å². The van der Waals surface area contributed by atoms with E-state index in [1.807, 2.05) is 0 Å². The second-order valence-corrected chi connectivity index (χ2v) is 8.54. The normalized spacial score (nSPS) is 14.8. The Kier molecular flexibility index (Phi) is 20.2. The third kappa shape index (κ3) is 14.9. The minimum Gasteiger partial charge on any atom is -0.386 e. The van der Waals surface area contributed by atoms with E-state index in [-0.39, 0.29) is 0 Å². The fourth-order valence-electron chi connectivity index (χ4n) is 3.48. The topological polar surface area (TPSA) is 27.7 Å². The molecule has 0 N–H and O–H groups in total. The SMILES string of the molecule is CCCC[C@@H](CC)COB(OC[C@H](CC)CCCC)OC[C@@H](CC)CCCC. The monoisotopic (exact) mass is 398 g/mol. The molecule has 4 heteroatoms. The third-order valence-corrected chi connectivity index (χ3v) is 6.03. The van der Waals surface area contributed by atoms with Crippen LogP contribution >= 0.6 is 0 Å². The van der Waals surface area contributed by atoms with Gasteiger partial charge in [-0.3, -0.25) is 0 Å². The van der Waals surface area contributed by atoms with Gasteiger partial charge in [-0.25, -0.2) is 0 Å². The number of hydrogen-bond donors (Lipinski definition) is 0. The van der Waals surface area contributed by atoms with Crippen LogP contribution in [0.4, 0.5) is 0 Å². The lowest BCUT2D eigenvalue weighted by atomic mass is 9.98. The van der Waals surface area contributed by atoms with E-state index in [2.05, 4.69) is 41.5 Å². The lowest BCUT2D eigenvalue weighted by molar-refractivity contribution is 0.0534. The van der Waals surface area contributed by atoms with Crippen LogP contribution in [0.2, 0.25) is 0 Å². The molecule has 0 aromatic heterocycles. The van der Waals surface area contributed by atoms with Gasteiger partial charge in [0, 0.05) is 19.8 Å². The summed E-state index contributed by atoms with van der Waals surface area (Å²) in [5, 5.41) is 0. The van der Waals surface area contributed by atoms with Crippen molar-refractivity contribution in [2.24, 2.45) is 17.8 Å². The molecule has 0 saturated heterocycles. The zero-order chi connectivity index (χ0) is 21.0. The van der Waals surface area contributed by atoms with Crippen LogP contribution in [-0.2, 0) is 14.0 Å². The van der Waals surface area contributed by atoms with Gasteiger partial charge in [-0.05, 0) is 37.0 Å². The van der Waals surface area contributed by atoms with Crippen molar-refractivity contribution in [1.82, 2.24) is 0 Å². The zero-order valence-electron chi connectivity index (χ0n) is 20.1. The predicted molar refractivity (Wildman–Crippen MR) is 124 cm³/mol. The Morgan fingerprint density at radius 2 is 0.786 bits per heavy atom. The molecule has 3 nitrogen and oxygen atoms in total. The molecule has 0 bridgehead atoms. The predicted octanol–water partition coefficient (Wildman–Crippen LogP) is 7.67. The summed E-state index contributed by atoms with van der Waals surface area (Å²) in [6.07, 6.45) is 14.8. The molecule has 0 aliphatic heterocycles. The van der Waals surface area contributed by atoms with Gasteiger partial charge in [-0.1, -0.05) is 99.3 Å². The molecule has 168 valence electrons. The van der Waals surface area contributed by atoms with Crippen molar-refractivity contribution in [3.63, 3.8) is 0 Å². The smallest absolute Gasteiger partial charge is 0.386 e. The highest BCUT2D eigenvalue weighted by atomic mass is 16.7. The maximum atomic E-state index is 6.15. The summed E-state index contributed by atoms with van der Waals surface area (Å²) < 4.78 is 18.4. The van der Waals surface area contributed by atoms with Crippen LogP contribution in [0.15, 0.2) is 0 Å². The van der Waals surface area contributed by atoms with Crippen LogP contribution in [0, 0.1) is 17.8 Å². The first kappa shape index (κ1) is 27.9. The maximum Gasteiger partial charge on any atom is 0.639 e. The molecule has 0 rings (SSSR count). The Morgan fingerprint density at radius 3 is 1.00 bits per heavy atom. The van der Waals surface area contributed by atoms with E-state index in [1.165, 1.54) is 57.8 Å². The van der Waals surface area contributed by atoms with Gasteiger partial charge >= 0.3 is 7.32 Å². The molecule has 28 heavy (non-hydrogen) atoms. The van der Waals surface area contributed by atoms with E-state index < -0.39 is 7.32 Å². The zero-order valence-corrected chi connectivity index (χ0v) is 20.1. The average Bonchev–Trinajstić information content (AvgIpc) is 2.73. The van der Waals surface area contributed by atoms with E-state index in [0.29, 0.717) is 17.8 Å². The van der Waals surface area contributed by atoms with Gasteiger partial charge in [-0.15, -0.1) is 0 Å². The largest absolute Gasteiger partial charge is 0.639 e. The molecule has 0 aliphatic carbocycles. The standard InChI is InChI=1S/C24H51BO3/c1-7-13-16-22(10-4)19-26-25(27-20-23(11-5)17-14-8-2)28-21-24(12-6)18-15-9-3/h22-24H,7-21H2,1-6H3/t22-,23-,24+/m1/s1. The van der Waals surface area contributed by atoms with Crippen molar-refractivity contribution in [3.05, 3.63) is 0 Å². The van der Waals surface area contributed by atoms with Crippen molar-refractivity contribution in [1.29, 1.82) is 0 Å². The quantitative estimate of drug-likeness (QED) is 0.186. The second kappa shape index (κ2) is 20.2. The number of unbranched alkanes of at least 4 members (excludes halogenated alkanes) is 3. The van der Waals surface area contributed by atoms with Crippen LogP contribution < -0.4 is 0 Å². The second-order valence-electron chi connectivity index (χ2n) is 8.54. The molecule has 0 radical (unpaired) electrons. The highest BCUT2D eigenvalue weighted by Gasteiger charge is 2.25. The van der Waals surface area contributed by atoms with Crippen LogP contribution in [-0.4, -0.2) is 27.1 Å². The van der Waals surface area contributed by atoms with Gasteiger partial charge in [-0.2, -0.15) is 0 Å². The van der Waals surface area contributed by atoms with Crippen molar-refractivity contribution < 1.29 is 14.0 Å². The molecule has 0 amide bonds. The molecule has 0 spiro atoms. The van der Waals surface area contributed by atoms with Crippen LogP contribution in [0.25, 0.3) is 0 Å². The fraction of sp³-hybridized carbons (Fsp3) is 1.00. The first-order chi connectivity index (χ1) is 13.6. The minimum atomic E-state index is -0.498. The number of rotatable bonds is 21. The summed E-state index contributed by atoms with van der Waals surface area (Å²) in [6.45, 7) is 15.8. The van der Waals surface area contributed by atoms with Crippen molar-refractivity contribution in [2.75, 3.05) is 19.8 Å². The maximum absolute atomic E-state index is 6.15. The summed E-state index contributed by atoms with van der Waals surface area (Å²) in [5.41, 5.74) is 0. The van der Waals surface area contributed by atoms with E-state index in [0.717, 1.165) is 39.1 Å². The lowest BCUT2D eigenvalue weighted by Crippen LogP contribution is -2.33. The Bertz CT molecular complexity index is 267. The average molecular weight is 398 g/mol. The molecule has 3 atom stereocenters. The molecule has 0 saturated carbocycles. The minimum absolute atomic E-state index is 0.498. The summed E-state index contributed by atoms with van der Waals surface area (Å²) in [6, 6.07) is 0. The fourth-order valence-corrected chi connectivity index (χ4v) is 3.48. The van der Waals surface area contributed by atoms with Gasteiger partial charge in [0.2, 0.25) is 0 Å². The lowest BCUT2D eigenvalue weighted by Gasteiger charge is -2.23. The Labute approximate surface area is 177 Å². The van der Waals surface area contributed by atoms with Gasteiger partial charge in [0.15, 0.2) is 0 Å². The summed E-state index contributed by atoms with van der Waals surface area (Å²) in [4.78, 5) is 0. The molecule has 0 fully saturated rings. The van der Waals surface area contributed by atoms with Crippen molar-refractivity contribution in [2.45, 2.75) is 119 Å². The first-order valence-corrected chi connectivity index (χ1v) is 12.5. The molecule has 0 aromatic carbocycles. The molecule has 0 heterocycles. The third-order valence-electron chi connectivity index (χ3n) is 6.03. The van der Waals surface area contributed by atoms with Gasteiger partial charge in [0.1, 0.15) is 0 Å². The summed E-state index contributed by atoms with van der Waals surface area (Å²) >= 11 is 0. The van der Waals surface area contributed by atoms with Crippen molar-refractivity contribution in [3.8, 4) is 0 Å². The summed E-state index contributed by atoms with van der Waals surface area (Å²) in [5.74, 6) is 1.83. The van der Waals surface area contributed by atoms with E-state index in [1.54, 1.807) is 0 Å². The van der Waals surface area contributed by atoms with E-state index >= 15 is 0 Å². The molecule has 0 aliphatic rings. The Balaban J connectivity index is 4.60. The van der Waals surface area contributed by atoms with E-state index in [9.17, 15) is 0 Å². The van der Waals surface area contributed by atoms with Crippen molar-refractivity contribution >= 4 is 7.32 Å². The van der Waals surface area contributed by atoms with Crippen LogP contribution in [0.3, 0.4) is 0 Å².